The lowest BCUT2D eigenvalue weighted by Crippen LogP contribution is -2.47. The second-order valence-corrected chi connectivity index (χ2v) is 4.37. The van der Waals surface area contributed by atoms with Crippen molar-refractivity contribution in [2.45, 2.75) is 12.8 Å². The maximum atomic E-state index is 5.50. The van der Waals surface area contributed by atoms with E-state index in [1.165, 1.54) is 13.0 Å². The molecular formula is C12H21N5. The Labute approximate surface area is 103 Å². The van der Waals surface area contributed by atoms with Gasteiger partial charge in [0, 0.05) is 38.6 Å². The van der Waals surface area contributed by atoms with Gasteiger partial charge in [-0.1, -0.05) is 0 Å². The second kappa shape index (κ2) is 6.51. The van der Waals surface area contributed by atoms with E-state index in [1.807, 2.05) is 6.07 Å². The maximum absolute atomic E-state index is 5.50. The van der Waals surface area contributed by atoms with E-state index in [-0.39, 0.29) is 0 Å². The Morgan fingerprint density at radius 3 is 2.41 bits per heavy atom. The minimum atomic E-state index is 0.803. The molecule has 2 heterocycles. The highest BCUT2D eigenvalue weighted by Crippen LogP contribution is 2.09. The first kappa shape index (κ1) is 12.3. The molecule has 1 aliphatic heterocycles. The number of unbranched alkanes of at least 4 members (excludes halogenated alkanes) is 1. The van der Waals surface area contributed by atoms with Crippen LogP contribution in [-0.4, -0.2) is 54.1 Å². The van der Waals surface area contributed by atoms with Gasteiger partial charge in [0.15, 0.2) is 0 Å². The third-order valence-electron chi connectivity index (χ3n) is 3.14. The highest BCUT2D eigenvalue weighted by Gasteiger charge is 2.17. The van der Waals surface area contributed by atoms with Crippen LogP contribution in [0.1, 0.15) is 12.8 Å². The monoisotopic (exact) mass is 235 g/mol. The van der Waals surface area contributed by atoms with Crippen molar-refractivity contribution in [2.75, 3.05) is 44.2 Å². The average Bonchev–Trinajstić information content (AvgIpc) is 2.41. The standard InChI is InChI=1S/C12H21N5/c13-4-1-2-7-16-8-10-17(11-9-16)12-14-5-3-6-15-12/h3,5-6H,1-2,4,7-11,13H2. The quantitative estimate of drug-likeness (QED) is 0.746. The molecule has 2 rings (SSSR count). The van der Waals surface area contributed by atoms with Crippen molar-refractivity contribution >= 4 is 5.95 Å². The number of hydrogen-bond acceptors (Lipinski definition) is 5. The third-order valence-corrected chi connectivity index (χ3v) is 3.14. The van der Waals surface area contributed by atoms with Gasteiger partial charge >= 0.3 is 0 Å². The van der Waals surface area contributed by atoms with Gasteiger partial charge in [0.05, 0.1) is 0 Å². The van der Waals surface area contributed by atoms with Crippen LogP contribution in [0.25, 0.3) is 0 Å². The Balaban J connectivity index is 1.74. The smallest absolute Gasteiger partial charge is 0.225 e. The second-order valence-electron chi connectivity index (χ2n) is 4.37. The largest absolute Gasteiger partial charge is 0.338 e. The summed E-state index contributed by atoms with van der Waals surface area (Å²) in [7, 11) is 0. The zero-order chi connectivity index (χ0) is 11.9. The predicted octanol–water partition coefficient (Wildman–Crippen LogP) is 0.338. The molecule has 0 spiro atoms. The van der Waals surface area contributed by atoms with Gasteiger partial charge in [0.2, 0.25) is 5.95 Å². The molecule has 0 saturated carbocycles. The minimum Gasteiger partial charge on any atom is -0.338 e. The summed E-state index contributed by atoms with van der Waals surface area (Å²) in [5, 5.41) is 0. The summed E-state index contributed by atoms with van der Waals surface area (Å²) in [6, 6.07) is 1.85. The Morgan fingerprint density at radius 2 is 1.76 bits per heavy atom. The first-order valence-corrected chi connectivity index (χ1v) is 6.34. The lowest BCUT2D eigenvalue weighted by atomic mass is 10.2. The highest BCUT2D eigenvalue weighted by atomic mass is 15.3. The molecule has 2 N–H and O–H groups in total. The molecule has 0 aromatic carbocycles. The van der Waals surface area contributed by atoms with Crippen molar-refractivity contribution in [1.82, 2.24) is 14.9 Å². The summed E-state index contributed by atoms with van der Waals surface area (Å²) in [5.41, 5.74) is 5.50. The molecule has 0 amide bonds. The zero-order valence-corrected chi connectivity index (χ0v) is 10.3. The fourth-order valence-corrected chi connectivity index (χ4v) is 2.11. The van der Waals surface area contributed by atoms with Crippen LogP contribution in [-0.2, 0) is 0 Å². The van der Waals surface area contributed by atoms with E-state index < -0.39 is 0 Å². The lowest BCUT2D eigenvalue weighted by molar-refractivity contribution is 0.252. The van der Waals surface area contributed by atoms with Gasteiger partial charge in [-0.2, -0.15) is 0 Å². The fourth-order valence-electron chi connectivity index (χ4n) is 2.11. The van der Waals surface area contributed by atoms with Crippen LogP contribution in [0.4, 0.5) is 5.95 Å². The molecule has 1 aromatic heterocycles. The molecule has 0 bridgehead atoms. The van der Waals surface area contributed by atoms with Crippen molar-refractivity contribution < 1.29 is 0 Å². The molecular weight excluding hydrogens is 214 g/mol. The van der Waals surface area contributed by atoms with Gasteiger partial charge in [0.1, 0.15) is 0 Å². The SMILES string of the molecule is NCCCCN1CCN(c2ncccn2)CC1. The number of anilines is 1. The van der Waals surface area contributed by atoms with Crippen molar-refractivity contribution in [3.63, 3.8) is 0 Å². The summed E-state index contributed by atoms with van der Waals surface area (Å²) in [4.78, 5) is 13.3. The van der Waals surface area contributed by atoms with E-state index in [0.29, 0.717) is 0 Å². The molecule has 1 aromatic rings. The van der Waals surface area contributed by atoms with Crippen molar-refractivity contribution in [3.05, 3.63) is 18.5 Å². The average molecular weight is 235 g/mol. The minimum absolute atomic E-state index is 0.803. The van der Waals surface area contributed by atoms with Crippen molar-refractivity contribution in [1.29, 1.82) is 0 Å². The van der Waals surface area contributed by atoms with E-state index in [4.69, 9.17) is 5.73 Å². The van der Waals surface area contributed by atoms with Gasteiger partial charge in [-0.15, -0.1) is 0 Å². The number of hydrogen-bond donors (Lipinski definition) is 1. The van der Waals surface area contributed by atoms with Gasteiger partial charge in [-0.05, 0) is 32.0 Å². The van der Waals surface area contributed by atoms with Crippen LogP contribution in [0.2, 0.25) is 0 Å². The molecule has 94 valence electrons. The summed E-state index contributed by atoms with van der Waals surface area (Å²) < 4.78 is 0. The summed E-state index contributed by atoms with van der Waals surface area (Å²) >= 11 is 0. The van der Waals surface area contributed by atoms with E-state index in [2.05, 4.69) is 19.8 Å². The number of nitrogens with two attached hydrogens (primary N) is 1. The molecule has 0 aliphatic carbocycles. The molecule has 0 unspecified atom stereocenters. The first-order valence-electron chi connectivity index (χ1n) is 6.34. The summed E-state index contributed by atoms with van der Waals surface area (Å²) in [6.07, 6.45) is 5.94. The summed E-state index contributed by atoms with van der Waals surface area (Å²) in [6.45, 7) is 6.21. The third kappa shape index (κ3) is 3.64. The Hall–Kier alpha value is -1.20. The zero-order valence-electron chi connectivity index (χ0n) is 10.3. The molecule has 5 heteroatoms. The van der Waals surface area contributed by atoms with Crippen LogP contribution in [0.3, 0.4) is 0 Å². The Bertz CT molecular complexity index is 308. The maximum Gasteiger partial charge on any atom is 0.225 e. The summed E-state index contributed by atoms with van der Waals surface area (Å²) in [5.74, 6) is 0.856. The predicted molar refractivity (Wildman–Crippen MR) is 69.0 cm³/mol. The van der Waals surface area contributed by atoms with Crippen LogP contribution in [0, 0.1) is 0 Å². The van der Waals surface area contributed by atoms with Crippen molar-refractivity contribution in [2.24, 2.45) is 5.73 Å². The van der Waals surface area contributed by atoms with Gasteiger partial charge < -0.3 is 10.6 Å². The number of nitrogens with zero attached hydrogens (tertiary/aromatic N) is 4. The van der Waals surface area contributed by atoms with Crippen LogP contribution in [0.15, 0.2) is 18.5 Å². The molecule has 17 heavy (non-hydrogen) atoms. The van der Waals surface area contributed by atoms with Gasteiger partial charge in [0.25, 0.3) is 0 Å². The topological polar surface area (TPSA) is 58.3 Å². The Morgan fingerprint density at radius 1 is 1.06 bits per heavy atom. The van der Waals surface area contributed by atoms with Gasteiger partial charge in [-0.3, -0.25) is 4.90 Å². The molecule has 5 nitrogen and oxygen atoms in total. The van der Waals surface area contributed by atoms with E-state index in [9.17, 15) is 0 Å². The molecule has 1 fully saturated rings. The molecule has 1 aliphatic rings. The van der Waals surface area contributed by atoms with E-state index in [0.717, 1.165) is 45.1 Å². The molecule has 0 radical (unpaired) electrons. The number of aromatic nitrogens is 2. The van der Waals surface area contributed by atoms with Crippen LogP contribution >= 0.6 is 0 Å². The Kier molecular flexibility index (Phi) is 4.70. The van der Waals surface area contributed by atoms with Crippen molar-refractivity contribution in [3.8, 4) is 0 Å². The van der Waals surface area contributed by atoms with Gasteiger partial charge in [-0.25, -0.2) is 9.97 Å². The number of rotatable bonds is 5. The normalized spacial score (nSPS) is 17.4. The molecule has 1 saturated heterocycles. The highest BCUT2D eigenvalue weighted by molar-refractivity contribution is 5.29. The fraction of sp³-hybridized carbons (Fsp3) is 0.667. The lowest BCUT2D eigenvalue weighted by Gasteiger charge is -2.34. The van der Waals surface area contributed by atoms with Crippen LogP contribution in [0.5, 0.6) is 0 Å². The molecule has 0 atom stereocenters. The van der Waals surface area contributed by atoms with Crippen LogP contribution < -0.4 is 10.6 Å². The first-order chi connectivity index (χ1) is 8.40. The number of piperazine rings is 1. The van der Waals surface area contributed by atoms with E-state index in [1.54, 1.807) is 12.4 Å². The van der Waals surface area contributed by atoms with E-state index >= 15 is 0 Å².